The van der Waals surface area contributed by atoms with Crippen molar-refractivity contribution in [1.29, 1.82) is 0 Å². The fourth-order valence-corrected chi connectivity index (χ4v) is 1.41. The van der Waals surface area contributed by atoms with Crippen LogP contribution in [-0.4, -0.2) is 96.7 Å². The molecule has 0 aliphatic heterocycles. The van der Waals surface area contributed by atoms with Gasteiger partial charge in [0.05, 0.1) is 63.7 Å². The minimum Gasteiger partial charge on any atom is -0.396 e. The third-order valence-corrected chi connectivity index (χ3v) is 3.41. The molecule has 0 atom stereocenters. The highest BCUT2D eigenvalue weighted by Gasteiger charge is 2.29. The first-order chi connectivity index (χ1) is 10.1. The van der Waals surface area contributed by atoms with E-state index in [9.17, 15) is 0 Å². The molecular formula is C13H28O8. The van der Waals surface area contributed by atoms with Crippen molar-refractivity contribution in [2.75, 3.05) is 66.1 Å². The van der Waals surface area contributed by atoms with Crippen LogP contribution in [0.4, 0.5) is 0 Å². The Hall–Kier alpha value is -0.320. The lowest BCUT2D eigenvalue weighted by atomic mass is 9.93. The van der Waals surface area contributed by atoms with Crippen molar-refractivity contribution in [3.8, 4) is 0 Å². The third kappa shape index (κ3) is 6.98. The van der Waals surface area contributed by atoms with Gasteiger partial charge in [0, 0.05) is 13.2 Å². The summed E-state index contributed by atoms with van der Waals surface area (Å²) >= 11 is 0. The maximum absolute atomic E-state index is 9.09. The van der Waals surface area contributed by atoms with Crippen LogP contribution >= 0.6 is 0 Å². The Bertz CT molecular complexity index is 200. The topological polar surface area (TPSA) is 140 Å². The highest BCUT2D eigenvalue weighted by molar-refractivity contribution is 4.77. The van der Waals surface area contributed by atoms with Crippen LogP contribution in [0, 0.1) is 10.8 Å². The van der Waals surface area contributed by atoms with Crippen molar-refractivity contribution >= 4 is 0 Å². The van der Waals surface area contributed by atoms with Crippen molar-refractivity contribution in [3.05, 3.63) is 0 Å². The lowest BCUT2D eigenvalue weighted by molar-refractivity contribution is -0.0710. The first-order valence-corrected chi connectivity index (χ1v) is 6.88. The number of rotatable bonds is 14. The lowest BCUT2D eigenvalue weighted by Gasteiger charge is -2.27. The Morgan fingerprint density at radius 2 is 0.810 bits per heavy atom. The second kappa shape index (κ2) is 11.3. The van der Waals surface area contributed by atoms with Crippen LogP contribution < -0.4 is 0 Å². The highest BCUT2D eigenvalue weighted by atomic mass is 16.5. The van der Waals surface area contributed by atoms with Crippen molar-refractivity contribution in [2.24, 2.45) is 10.8 Å². The molecule has 0 spiro atoms. The zero-order valence-corrected chi connectivity index (χ0v) is 12.3. The summed E-state index contributed by atoms with van der Waals surface area (Å²) in [6.45, 7) is -1.55. The molecule has 0 aromatic heterocycles. The minimum atomic E-state index is -1.04. The van der Waals surface area contributed by atoms with E-state index in [-0.39, 0.29) is 52.9 Å². The van der Waals surface area contributed by atoms with Crippen molar-refractivity contribution < 1.29 is 40.1 Å². The van der Waals surface area contributed by atoms with Crippen LogP contribution in [0.3, 0.4) is 0 Å². The molecule has 0 heterocycles. The van der Waals surface area contributed by atoms with Gasteiger partial charge in [-0.3, -0.25) is 0 Å². The van der Waals surface area contributed by atoms with Crippen LogP contribution in [0.15, 0.2) is 0 Å². The maximum Gasteiger partial charge on any atom is 0.0629 e. The molecule has 0 aromatic rings. The Labute approximate surface area is 124 Å². The molecular weight excluding hydrogens is 284 g/mol. The number of aliphatic hydroxyl groups excluding tert-OH is 6. The van der Waals surface area contributed by atoms with Crippen LogP contribution in [0.1, 0.15) is 6.42 Å². The van der Waals surface area contributed by atoms with E-state index in [0.29, 0.717) is 19.6 Å². The number of hydrogen-bond acceptors (Lipinski definition) is 8. The molecule has 0 radical (unpaired) electrons. The number of ether oxygens (including phenoxy) is 2. The van der Waals surface area contributed by atoms with Gasteiger partial charge in [-0.15, -0.1) is 0 Å². The summed E-state index contributed by atoms with van der Waals surface area (Å²) < 4.78 is 10.5. The van der Waals surface area contributed by atoms with Crippen LogP contribution in [0.25, 0.3) is 0 Å². The molecule has 21 heavy (non-hydrogen) atoms. The molecule has 0 saturated heterocycles. The van der Waals surface area contributed by atoms with Crippen molar-refractivity contribution in [1.82, 2.24) is 0 Å². The summed E-state index contributed by atoms with van der Waals surface area (Å²) in [5, 5.41) is 54.6. The van der Waals surface area contributed by atoms with Crippen molar-refractivity contribution in [3.63, 3.8) is 0 Å². The van der Waals surface area contributed by atoms with Crippen molar-refractivity contribution in [2.45, 2.75) is 6.42 Å². The average Bonchev–Trinajstić information content (AvgIpc) is 2.55. The lowest BCUT2D eigenvalue weighted by Crippen LogP contribution is -2.39. The summed E-state index contributed by atoms with van der Waals surface area (Å²) in [6, 6.07) is 0. The van der Waals surface area contributed by atoms with Gasteiger partial charge in [0.2, 0.25) is 0 Å². The van der Waals surface area contributed by atoms with Gasteiger partial charge in [-0.25, -0.2) is 0 Å². The van der Waals surface area contributed by atoms with E-state index in [0.717, 1.165) is 0 Å². The summed E-state index contributed by atoms with van der Waals surface area (Å²) in [5.41, 5.74) is -2.08. The molecule has 0 fully saturated rings. The van der Waals surface area contributed by atoms with Gasteiger partial charge in [0.25, 0.3) is 0 Å². The summed E-state index contributed by atoms with van der Waals surface area (Å²) in [4.78, 5) is 0. The van der Waals surface area contributed by atoms with Crippen LogP contribution in [0.2, 0.25) is 0 Å². The molecule has 6 N–H and O–H groups in total. The predicted molar refractivity (Wildman–Crippen MR) is 73.6 cm³/mol. The Morgan fingerprint density at radius 1 is 0.524 bits per heavy atom. The predicted octanol–water partition coefficient (Wildman–Crippen LogP) is -2.66. The molecule has 8 heteroatoms. The average molecular weight is 312 g/mol. The molecule has 0 aliphatic carbocycles. The molecule has 128 valence electrons. The van der Waals surface area contributed by atoms with Gasteiger partial charge in [-0.2, -0.15) is 0 Å². The molecule has 0 rings (SSSR count). The Morgan fingerprint density at radius 3 is 1.05 bits per heavy atom. The van der Waals surface area contributed by atoms with Gasteiger partial charge in [0.15, 0.2) is 0 Å². The molecule has 0 aliphatic rings. The molecule has 0 amide bonds. The number of aliphatic hydroxyl groups is 6. The van der Waals surface area contributed by atoms with Gasteiger partial charge in [0.1, 0.15) is 0 Å². The third-order valence-electron chi connectivity index (χ3n) is 3.41. The van der Waals surface area contributed by atoms with E-state index in [4.69, 9.17) is 40.1 Å². The molecule has 0 bridgehead atoms. The highest BCUT2D eigenvalue weighted by Crippen LogP contribution is 2.16. The Balaban J connectivity index is 3.78. The number of hydrogen-bond donors (Lipinski definition) is 6. The smallest absolute Gasteiger partial charge is 0.0629 e. The van der Waals surface area contributed by atoms with E-state index in [1.807, 2.05) is 0 Å². The van der Waals surface area contributed by atoms with E-state index in [1.165, 1.54) is 0 Å². The Kier molecular flexibility index (Phi) is 11.1. The van der Waals surface area contributed by atoms with Crippen LogP contribution in [-0.2, 0) is 9.47 Å². The van der Waals surface area contributed by atoms with E-state index in [2.05, 4.69) is 0 Å². The second-order valence-corrected chi connectivity index (χ2v) is 5.41. The fourth-order valence-electron chi connectivity index (χ4n) is 1.41. The summed E-state index contributed by atoms with van der Waals surface area (Å²) in [6.07, 6.45) is 0.525. The largest absolute Gasteiger partial charge is 0.396 e. The van der Waals surface area contributed by atoms with Gasteiger partial charge in [-0.1, -0.05) is 0 Å². The first kappa shape index (κ1) is 20.7. The fraction of sp³-hybridized carbons (Fsp3) is 1.00. The minimum absolute atomic E-state index is 0.0321. The quantitative estimate of drug-likeness (QED) is 0.191. The van der Waals surface area contributed by atoms with E-state index < -0.39 is 10.8 Å². The first-order valence-electron chi connectivity index (χ1n) is 6.88. The van der Waals surface area contributed by atoms with Crippen LogP contribution in [0.5, 0.6) is 0 Å². The maximum atomic E-state index is 9.09. The molecule has 8 nitrogen and oxygen atoms in total. The molecule has 0 aromatic carbocycles. The summed E-state index contributed by atoms with van der Waals surface area (Å²) in [5.74, 6) is 0. The zero-order valence-electron chi connectivity index (χ0n) is 12.3. The SMILES string of the molecule is OCC(CO)(CO)COCCCOCC(CO)(CO)CO. The summed E-state index contributed by atoms with van der Waals surface area (Å²) in [7, 11) is 0. The normalized spacial score (nSPS) is 12.9. The molecule has 0 unspecified atom stereocenters. The second-order valence-electron chi connectivity index (χ2n) is 5.41. The van der Waals surface area contributed by atoms with Gasteiger partial charge >= 0.3 is 0 Å². The van der Waals surface area contributed by atoms with E-state index in [1.54, 1.807) is 0 Å². The molecule has 0 saturated carbocycles. The monoisotopic (exact) mass is 312 g/mol. The van der Waals surface area contributed by atoms with E-state index >= 15 is 0 Å². The van der Waals surface area contributed by atoms with Gasteiger partial charge in [-0.05, 0) is 6.42 Å². The zero-order chi connectivity index (χ0) is 16.2. The van der Waals surface area contributed by atoms with Gasteiger partial charge < -0.3 is 40.1 Å². The standard InChI is InChI=1S/C13H28O8/c14-4-12(5-15,6-16)10-20-2-1-3-21-11-13(7-17,8-18)9-19/h14-19H,1-11H2.